The van der Waals surface area contributed by atoms with Crippen molar-refractivity contribution < 1.29 is 9.18 Å². The summed E-state index contributed by atoms with van der Waals surface area (Å²) in [6.07, 6.45) is 0.716. The maximum atomic E-state index is 13.6. The van der Waals surface area contributed by atoms with E-state index in [1.165, 1.54) is 34.3 Å². The first-order valence-corrected chi connectivity index (χ1v) is 7.65. The van der Waals surface area contributed by atoms with E-state index in [2.05, 4.69) is 28.9 Å². The van der Waals surface area contributed by atoms with Crippen LogP contribution < -0.4 is 5.32 Å². The SMILES string of the molecule is Cc1c(CCNC(=O)c2ccccc2F)c2ccccc2n1C. The highest BCUT2D eigenvalue weighted by Gasteiger charge is 2.13. The second-order valence-corrected chi connectivity index (χ2v) is 5.63. The van der Waals surface area contributed by atoms with Gasteiger partial charge in [-0.15, -0.1) is 0 Å². The molecule has 0 saturated heterocycles. The molecule has 0 spiro atoms. The quantitative estimate of drug-likeness (QED) is 0.785. The van der Waals surface area contributed by atoms with Crippen LogP contribution in [0.1, 0.15) is 21.6 Å². The van der Waals surface area contributed by atoms with Gasteiger partial charge < -0.3 is 9.88 Å². The number of para-hydroxylation sites is 1. The smallest absolute Gasteiger partial charge is 0.254 e. The Hall–Kier alpha value is -2.62. The van der Waals surface area contributed by atoms with E-state index in [-0.39, 0.29) is 11.5 Å². The zero-order valence-electron chi connectivity index (χ0n) is 13.3. The molecule has 0 aliphatic heterocycles. The van der Waals surface area contributed by atoms with Gasteiger partial charge >= 0.3 is 0 Å². The van der Waals surface area contributed by atoms with Crippen molar-refractivity contribution in [2.75, 3.05) is 6.54 Å². The predicted octanol–water partition coefficient (Wildman–Crippen LogP) is 3.60. The standard InChI is InChI=1S/C19H19FN2O/c1-13-14(15-7-4-6-10-18(15)22(13)2)11-12-21-19(23)16-8-3-5-9-17(16)20/h3-10H,11-12H2,1-2H3,(H,21,23). The molecule has 0 saturated carbocycles. The summed E-state index contributed by atoms with van der Waals surface area (Å²) in [7, 11) is 2.04. The number of nitrogens with one attached hydrogen (secondary N) is 1. The van der Waals surface area contributed by atoms with E-state index in [1.54, 1.807) is 12.1 Å². The number of amides is 1. The Morgan fingerprint density at radius 2 is 1.83 bits per heavy atom. The number of fused-ring (bicyclic) bond motifs is 1. The highest BCUT2D eigenvalue weighted by molar-refractivity contribution is 5.94. The van der Waals surface area contributed by atoms with Gasteiger partial charge in [-0.05, 0) is 37.1 Å². The molecule has 0 aliphatic rings. The molecule has 1 heterocycles. The number of rotatable bonds is 4. The first-order valence-electron chi connectivity index (χ1n) is 7.65. The summed E-state index contributed by atoms with van der Waals surface area (Å²) < 4.78 is 15.8. The first-order chi connectivity index (χ1) is 11.1. The topological polar surface area (TPSA) is 34.0 Å². The summed E-state index contributed by atoms with van der Waals surface area (Å²) in [5.41, 5.74) is 3.67. The van der Waals surface area contributed by atoms with Gasteiger partial charge in [0.15, 0.2) is 0 Å². The largest absolute Gasteiger partial charge is 0.352 e. The monoisotopic (exact) mass is 310 g/mol. The lowest BCUT2D eigenvalue weighted by Crippen LogP contribution is -2.26. The van der Waals surface area contributed by atoms with Crippen molar-refractivity contribution in [2.24, 2.45) is 7.05 Å². The van der Waals surface area contributed by atoms with Crippen molar-refractivity contribution in [3.63, 3.8) is 0 Å². The molecule has 0 unspecified atom stereocenters. The zero-order valence-corrected chi connectivity index (χ0v) is 13.3. The van der Waals surface area contributed by atoms with Gasteiger partial charge in [0.1, 0.15) is 5.82 Å². The molecule has 23 heavy (non-hydrogen) atoms. The van der Waals surface area contributed by atoms with Gasteiger partial charge in [-0.2, -0.15) is 0 Å². The summed E-state index contributed by atoms with van der Waals surface area (Å²) in [5.74, 6) is -0.868. The molecular formula is C19H19FN2O. The molecule has 4 heteroatoms. The molecule has 0 aliphatic carbocycles. The Kier molecular flexibility index (Phi) is 4.15. The number of benzene rings is 2. The molecular weight excluding hydrogens is 291 g/mol. The van der Waals surface area contributed by atoms with E-state index < -0.39 is 5.82 Å². The maximum absolute atomic E-state index is 13.6. The van der Waals surface area contributed by atoms with Gasteiger partial charge in [-0.3, -0.25) is 4.79 Å². The van der Waals surface area contributed by atoms with Crippen molar-refractivity contribution in [1.82, 2.24) is 9.88 Å². The lowest BCUT2D eigenvalue weighted by Gasteiger charge is -2.07. The summed E-state index contributed by atoms with van der Waals surface area (Å²) in [6, 6.07) is 14.2. The molecule has 3 rings (SSSR count). The van der Waals surface area contributed by atoms with E-state index in [1.807, 2.05) is 19.2 Å². The average Bonchev–Trinajstić information content (AvgIpc) is 2.80. The number of hydrogen-bond donors (Lipinski definition) is 1. The van der Waals surface area contributed by atoms with E-state index in [0.29, 0.717) is 13.0 Å². The highest BCUT2D eigenvalue weighted by atomic mass is 19.1. The number of carbonyl (C=O) groups is 1. The molecule has 2 aromatic carbocycles. The Morgan fingerprint density at radius 3 is 2.61 bits per heavy atom. The summed E-state index contributed by atoms with van der Waals surface area (Å²) >= 11 is 0. The molecule has 3 aromatic rings. The van der Waals surface area contributed by atoms with Gasteiger partial charge in [-0.25, -0.2) is 4.39 Å². The van der Waals surface area contributed by atoms with Crippen LogP contribution in [-0.2, 0) is 13.5 Å². The van der Waals surface area contributed by atoms with Gasteiger partial charge in [-0.1, -0.05) is 30.3 Å². The lowest BCUT2D eigenvalue weighted by atomic mass is 10.1. The fraction of sp³-hybridized carbons (Fsp3) is 0.211. The minimum absolute atomic E-state index is 0.0853. The summed E-state index contributed by atoms with van der Waals surface area (Å²) in [5, 5.41) is 4.00. The van der Waals surface area contributed by atoms with Gasteiger partial charge in [0.05, 0.1) is 5.56 Å². The van der Waals surface area contributed by atoms with E-state index in [9.17, 15) is 9.18 Å². The summed E-state index contributed by atoms with van der Waals surface area (Å²) in [6.45, 7) is 2.55. The Morgan fingerprint density at radius 1 is 1.13 bits per heavy atom. The molecule has 0 bridgehead atoms. The van der Waals surface area contributed by atoms with Crippen LogP contribution in [0.3, 0.4) is 0 Å². The van der Waals surface area contributed by atoms with Crippen molar-refractivity contribution in [3.05, 3.63) is 71.2 Å². The Labute approximate surface area is 134 Å². The number of nitrogens with zero attached hydrogens (tertiary/aromatic N) is 1. The van der Waals surface area contributed by atoms with Gasteiger partial charge in [0, 0.05) is 30.2 Å². The first kappa shape index (κ1) is 15.3. The number of hydrogen-bond acceptors (Lipinski definition) is 1. The molecule has 0 fully saturated rings. The molecule has 1 amide bonds. The van der Waals surface area contributed by atoms with E-state index in [4.69, 9.17) is 0 Å². The number of carbonyl (C=O) groups excluding carboxylic acids is 1. The maximum Gasteiger partial charge on any atom is 0.254 e. The predicted molar refractivity (Wildman–Crippen MR) is 90.1 cm³/mol. The van der Waals surface area contributed by atoms with Crippen molar-refractivity contribution in [2.45, 2.75) is 13.3 Å². The molecule has 1 N–H and O–H groups in total. The normalized spacial score (nSPS) is 10.9. The Bertz CT molecular complexity index is 867. The minimum Gasteiger partial charge on any atom is -0.352 e. The average molecular weight is 310 g/mol. The zero-order chi connectivity index (χ0) is 16.4. The third-order valence-corrected chi connectivity index (χ3v) is 4.31. The third kappa shape index (κ3) is 2.84. The van der Waals surface area contributed by atoms with Crippen LogP contribution in [0, 0.1) is 12.7 Å². The van der Waals surface area contributed by atoms with Crippen molar-refractivity contribution in [3.8, 4) is 0 Å². The van der Waals surface area contributed by atoms with Crippen LogP contribution in [0.25, 0.3) is 10.9 Å². The molecule has 1 aromatic heterocycles. The summed E-state index contributed by atoms with van der Waals surface area (Å²) in [4.78, 5) is 12.1. The van der Waals surface area contributed by atoms with Crippen LogP contribution in [0.5, 0.6) is 0 Å². The number of aromatic nitrogens is 1. The minimum atomic E-state index is -0.494. The molecule has 0 atom stereocenters. The number of halogens is 1. The van der Waals surface area contributed by atoms with Crippen molar-refractivity contribution >= 4 is 16.8 Å². The number of aryl methyl sites for hydroxylation is 1. The van der Waals surface area contributed by atoms with Gasteiger partial charge in [0.25, 0.3) is 5.91 Å². The molecule has 118 valence electrons. The van der Waals surface area contributed by atoms with Crippen LogP contribution in [0.4, 0.5) is 4.39 Å². The van der Waals surface area contributed by atoms with Crippen molar-refractivity contribution in [1.29, 1.82) is 0 Å². The van der Waals surface area contributed by atoms with E-state index >= 15 is 0 Å². The second-order valence-electron chi connectivity index (χ2n) is 5.63. The van der Waals surface area contributed by atoms with Gasteiger partial charge in [0.2, 0.25) is 0 Å². The van der Waals surface area contributed by atoms with E-state index in [0.717, 1.165) is 0 Å². The fourth-order valence-electron chi connectivity index (χ4n) is 2.96. The van der Waals surface area contributed by atoms with Crippen LogP contribution in [0.15, 0.2) is 48.5 Å². The lowest BCUT2D eigenvalue weighted by molar-refractivity contribution is 0.0950. The second kappa shape index (κ2) is 6.24. The fourth-order valence-corrected chi connectivity index (χ4v) is 2.96. The van der Waals surface area contributed by atoms with Crippen LogP contribution in [-0.4, -0.2) is 17.0 Å². The highest BCUT2D eigenvalue weighted by Crippen LogP contribution is 2.24. The van der Waals surface area contributed by atoms with Crippen LogP contribution in [0.2, 0.25) is 0 Å². The van der Waals surface area contributed by atoms with Crippen LogP contribution >= 0.6 is 0 Å². The molecule has 3 nitrogen and oxygen atoms in total. The Balaban J connectivity index is 1.74. The third-order valence-electron chi connectivity index (χ3n) is 4.31. The molecule has 0 radical (unpaired) electrons.